The second kappa shape index (κ2) is 14.4. The summed E-state index contributed by atoms with van der Waals surface area (Å²) in [6, 6.07) is 5.28. The normalized spacial score (nSPS) is 15.0. The summed E-state index contributed by atoms with van der Waals surface area (Å²) in [6.45, 7) is 9.22. The molecular weight excluding hydrogens is 361 g/mol. The van der Waals surface area contributed by atoms with Gasteiger partial charge in [0.2, 0.25) is 0 Å². The van der Waals surface area contributed by atoms with Crippen LogP contribution in [0.1, 0.15) is 27.7 Å². The molecule has 20 heavy (non-hydrogen) atoms. The topological polar surface area (TPSA) is 18.5 Å². The van der Waals surface area contributed by atoms with Crippen LogP contribution >= 0.6 is 41.2 Å². The van der Waals surface area contributed by atoms with E-state index in [1.165, 1.54) is 24.2 Å². The first-order valence-electron chi connectivity index (χ1n) is 7.39. The van der Waals surface area contributed by atoms with E-state index in [-0.39, 0.29) is 0 Å². The molecule has 0 saturated heterocycles. The Morgan fingerprint density at radius 2 is 1.00 bits per heavy atom. The van der Waals surface area contributed by atoms with Crippen LogP contribution in [0.2, 0.25) is 24.2 Å². The Labute approximate surface area is 144 Å². The van der Waals surface area contributed by atoms with Gasteiger partial charge in [-0.25, -0.2) is 0 Å². The molecule has 0 aliphatic heterocycles. The highest BCUT2D eigenvalue weighted by molar-refractivity contribution is 9.26. The van der Waals surface area contributed by atoms with E-state index in [1.807, 2.05) is 55.5 Å². The van der Waals surface area contributed by atoms with Crippen molar-refractivity contribution in [3.05, 3.63) is 0 Å². The number of ether oxygens (including phenoxy) is 2. The molecule has 2 unspecified atom stereocenters. The van der Waals surface area contributed by atoms with Gasteiger partial charge in [0.25, 0.3) is 0 Å². The first-order chi connectivity index (χ1) is 9.68. The minimum atomic E-state index is -0.739. The van der Waals surface area contributed by atoms with Crippen LogP contribution in [0.4, 0.5) is 0 Å². The highest BCUT2D eigenvalue weighted by atomic mass is 33.7. The first kappa shape index (κ1) is 21.8. The van der Waals surface area contributed by atoms with Gasteiger partial charge in [0.05, 0.1) is 27.7 Å². The average molecular weight is 391 g/mol. The second-order valence-corrected chi connectivity index (χ2v) is 19.2. The molecule has 0 amide bonds. The van der Waals surface area contributed by atoms with Crippen LogP contribution < -0.4 is 0 Å². The highest BCUT2D eigenvalue weighted by Crippen LogP contribution is 2.48. The van der Waals surface area contributed by atoms with Gasteiger partial charge in [0.1, 0.15) is 0 Å². The standard InChI is InChI=1S/C12H30O2S4Si2/c1-7-19(8-2)11(13-5)15-17-18-16-12(14-6)20(9-3)10-4/h11-12,19-20H,7-10H2,1-6H3. The molecule has 0 aliphatic carbocycles. The van der Waals surface area contributed by atoms with E-state index in [9.17, 15) is 0 Å². The van der Waals surface area contributed by atoms with Crippen LogP contribution in [0.25, 0.3) is 0 Å². The highest BCUT2D eigenvalue weighted by Gasteiger charge is 2.23. The van der Waals surface area contributed by atoms with Gasteiger partial charge in [-0.3, -0.25) is 0 Å². The van der Waals surface area contributed by atoms with Crippen molar-refractivity contribution in [2.45, 2.75) is 62.0 Å². The third kappa shape index (κ3) is 8.40. The zero-order valence-electron chi connectivity index (χ0n) is 13.6. The number of rotatable bonds is 13. The van der Waals surface area contributed by atoms with Crippen molar-refractivity contribution in [2.75, 3.05) is 14.2 Å². The molecule has 2 nitrogen and oxygen atoms in total. The van der Waals surface area contributed by atoms with E-state index in [2.05, 4.69) is 27.7 Å². The van der Waals surface area contributed by atoms with Crippen LogP contribution in [0.5, 0.6) is 0 Å². The molecule has 0 spiro atoms. The number of methoxy groups -OCH3 is 2. The van der Waals surface area contributed by atoms with Gasteiger partial charge in [0, 0.05) is 14.2 Å². The third-order valence-electron chi connectivity index (χ3n) is 3.63. The molecule has 0 bridgehead atoms. The van der Waals surface area contributed by atoms with Crippen LogP contribution in [0.3, 0.4) is 0 Å². The number of hydrogen-bond acceptors (Lipinski definition) is 6. The molecule has 0 saturated carbocycles. The van der Waals surface area contributed by atoms with E-state index in [1.54, 1.807) is 0 Å². The quantitative estimate of drug-likeness (QED) is 0.184. The van der Waals surface area contributed by atoms with Gasteiger partial charge in [-0.1, -0.05) is 73.5 Å². The van der Waals surface area contributed by atoms with Gasteiger partial charge in [-0.15, -0.1) is 0 Å². The van der Waals surface area contributed by atoms with Crippen LogP contribution in [-0.4, -0.2) is 41.9 Å². The Balaban J connectivity index is 4.03. The molecule has 8 heteroatoms. The van der Waals surface area contributed by atoms with Gasteiger partial charge >= 0.3 is 0 Å². The molecule has 0 radical (unpaired) electrons. The Bertz CT molecular complexity index is 198. The summed E-state index contributed by atoms with van der Waals surface area (Å²) in [6.07, 6.45) is 0. The molecule has 0 rings (SSSR count). The van der Waals surface area contributed by atoms with Crippen LogP contribution in [0.15, 0.2) is 0 Å². The third-order valence-corrected chi connectivity index (χ3v) is 20.4. The van der Waals surface area contributed by atoms with Crippen molar-refractivity contribution in [1.29, 1.82) is 0 Å². The van der Waals surface area contributed by atoms with Crippen molar-refractivity contribution in [2.24, 2.45) is 0 Å². The Morgan fingerprint density at radius 1 is 0.700 bits per heavy atom. The summed E-state index contributed by atoms with van der Waals surface area (Å²) in [7, 11) is 9.82. The lowest BCUT2D eigenvalue weighted by atomic mass is 10.9. The van der Waals surface area contributed by atoms with E-state index in [0.717, 1.165) is 0 Å². The van der Waals surface area contributed by atoms with Crippen LogP contribution in [0, 0.1) is 0 Å². The Kier molecular flexibility index (Phi) is 15.6. The van der Waals surface area contributed by atoms with Crippen molar-refractivity contribution >= 4 is 58.8 Å². The molecule has 0 aromatic carbocycles. The van der Waals surface area contributed by atoms with Gasteiger partial charge in [-0.05, 0) is 19.7 Å². The number of hydrogen-bond donors (Lipinski definition) is 0. The summed E-state index contributed by atoms with van der Waals surface area (Å²) < 4.78 is 11.4. The maximum atomic E-state index is 5.68. The molecule has 0 N–H and O–H groups in total. The van der Waals surface area contributed by atoms with Crippen molar-refractivity contribution in [3.63, 3.8) is 0 Å². The lowest BCUT2D eigenvalue weighted by Gasteiger charge is -2.23. The fourth-order valence-corrected chi connectivity index (χ4v) is 19.6. The lowest BCUT2D eigenvalue weighted by Crippen LogP contribution is -2.27. The summed E-state index contributed by atoms with van der Waals surface area (Å²) in [5.74, 6) is 0. The Morgan fingerprint density at radius 3 is 1.20 bits per heavy atom. The molecule has 0 aromatic rings. The molecule has 0 aliphatic rings. The van der Waals surface area contributed by atoms with Crippen LogP contribution in [-0.2, 0) is 9.47 Å². The first-order valence-corrected chi connectivity index (χ1v) is 16.9. The van der Waals surface area contributed by atoms with E-state index in [0.29, 0.717) is 10.1 Å². The average Bonchev–Trinajstić information content (AvgIpc) is 2.49. The van der Waals surface area contributed by atoms with Gasteiger partial charge in [0.15, 0.2) is 0 Å². The summed E-state index contributed by atoms with van der Waals surface area (Å²) in [5, 5.41) is 0.879. The monoisotopic (exact) mass is 390 g/mol. The lowest BCUT2D eigenvalue weighted by molar-refractivity contribution is 0.224. The predicted octanol–water partition coefficient (Wildman–Crippen LogP) is 5.22. The minimum absolute atomic E-state index is 0.439. The SMILES string of the molecule is CC[SiH](CC)C(OC)SSSSC(OC)[SiH](CC)CC. The smallest absolute Gasteiger partial charge is 0.0984 e. The summed E-state index contributed by atoms with van der Waals surface area (Å²) in [4.78, 5) is 0. The maximum absolute atomic E-state index is 5.68. The van der Waals surface area contributed by atoms with E-state index in [4.69, 9.17) is 9.47 Å². The molecule has 0 fully saturated rings. The molecule has 0 heterocycles. The van der Waals surface area contributed by atoms with Crippen molar-refractivity contribution < 1.29 is 9.47 Å². The summed E-state index contributed by atoms with van der Waals surface area (Å²) in [5.41, 5.74) is 0. The fraction of sp³-hybridized carbons (Fsp3) is 1.00. The minimum Gasteiger partial charge on any atom is -0.374 e. The van der Waals surface area contributed by atoms with Gasteiger partial charge < -0.3 is 9.47 Å². The van der Waals surface area contributed by atoms with E-state index >= 15 is 0 Å². The molecule has 0 aromatic heterocycles. The van der Waals surface area contributed by atoms with Crippen molar-refractivity contribution in [3.8, 4) is 0 Å². The summed E-state index contributed by atoms with van der Waals surface area (Å²) >= 11 is 0. The fourth-order valence-electron chi connectivity index (χ4n) is 2.08. The zero-order chi connectivity index (χ0) is 15.4. The van der Waals surface area contributed by atoms with Crippen molar-refractivity contribution in [1.82, 2.24) is 0 Å². The second-order valence-electron chi connectivity index (χ2n) is 4.69. The Hall–Kier alpha value is 1.75. The maximum Gasteiger partial charge on any atom is 0.0984 e. The van der Waals surface area contributed by atoms with Gasteiger partial charge in [-0.2, -0.15) is 0 Å². The largest absolute Gasteiger partial charge is 0.374 e. The molecule has 122 valence electrons. The zero-order valence-corrected chi connectivity index (χ0v) is 19.2. The molecular formula is C12H30O2S4Si2. The molecule has 2 atom stereocenters. The van der Waals surface area contributed by atoms with E-state index < -0.39 is 17.6 Å². The predicted molar refractivity (Wildman–Crippen MR) is 108 cm³/mol.